The SMILES string of the molecule is Cc1[nH]c2ccccc2c1CCN1CCC[C@H](C)C1. The van der Waals surface area contributed by atoms with Gasteiger partial charge in [-0.25, -0.2) is 0 Å². The van der Waals surface area contributed by atoms with E-state index in [9.17, 15) is 0 Å². The summed E-state index contributed by atoms with van der Waals surface area (Å²) in [6.45, 7) is 8.34. The number of aryl methyl sites for hydroxylation is 1. The van der Waals surface area contributed by atoms with Crippen LogP contribution in [0.4, 0.5) is 0 Å². The van der Waals surface area contributed by atoms with Crippen molar-refractivity contribution in [3.63, 3.8) is 0 Å². The van der Waals surface area contributed by atoms with E-state index in [1.54, 1.807) is 0 Å². The van der Waals surface area contributed by atoms with Gasteiger partial charge < -0.3 is 9.88 Å². The first-order chi connectivity index (χ1) is 9.24. The fourth-order valence-electron chi connectivity index (χ4n) is 3.42. The van der Waals surface area contributed by atoms with Crippen molar-refractivity contribution in [2.24, 2.45) is 5.92 Å². The van der Waals surface area contributed by atoms with Crippen LogP contribution in [0.2, 0.25) is 0 Å². The number of para-hydroxylation sites is 1. The summed E-state index contributed by atoms with van der Waals surface area (Å²) in [4.78, 5) is 6.14. The van der Waals surface area contributed by atoms with Gasteiger partial charge in [0, 0.05) is 29.7 Å². The van der Waals surface area contributed by atoms with Crippen molar-refractivity contribution >= 4 is 10.9 Å². The molecule has 0 unspecified atom stereocenters. The number of hydrogen-bond acceptors (Lipinski definition) is 1. The lowest BCUT2D eigenvalue weighted by atomic mass is 9.99. The molecule has 2 heteroatoms. The molecule has 0 radical (unpaired) electrons. The van der Waals surface area contributed by atoms with E-state index in [1.807, 2.05) is 0 Å². The molecule has 2 aromatic rings. The predicted octanol–water partition coefficient (Wildman–Crippen LogP) is 3.75. The molecular formula is C17H24N2. The molecule has 3 rings (SSSR count). The Balaban J connectivity index is 1.73. The normalized spacial score (nSPS) is 21.1. The Morgan fingerprint density at radius 3 is 3.00 bits per heavy atom. The topological polar surface area (TPSA) is 19.0 Å². The van der Waals surface area contributed by atoms with E-state index < -0.39 is 0 Å². The highest BCUT2D eigenvalue weighted by Gasteiger charge is 2.16. The molecule has 0 aliphatic carbocycles. The van der Waals surface area contributed by atoms with E-state index in [4.69, 9.17) is 0 Å². The zero-order valence-electron chi connectivity index (χ0n) is 12.1. The van der Waals surface area contributed by atoms with Gasteiger partial charge in [0.25, 0.3) is 0 Å². The summed E-state index contributed by atoms with van der Waals surface area (Å²) in [7, 11) is 0. The van der Waals surface area contributed by atoms with Crippen LogP contribution < -0.4 is 0 Å². The number of H-pyrrole nitrogens is 1. The third-order valence-electron chi connectivity index (χ3n) is 4.45. The average molecular weight is 256 g/mol. The van der Waals surface area contributed by atoms with Gasteiger partial charge in [-0.3, -0.25) is 0 Å². The van der Waals surface area contributed by atoms with Gasteiger partial charge in [-0.15, -0.1) is 0 Å². The highest BCUT2D eigenvalue weighted by Crippen LogP contribution is 2.23. The molecule has 0 spiro atoms. The van der Waals surface area contributed by atoms with Crippen LogP contribution in [0.15, 0.2) is 24.3 Å². The van der Waals surface area contributed by atoms with Crippen LogP contribution in [0.3, 0.4) is 0 Å². The van der Waals surface area contributed by atoms with Gasteiger partial charge in [-0.2, -0.15) is 0 Å². The monoisotopic (exact) mass is 256 g/mol. The molecule has 0 saturated carbocycles. The van der Waals surface area contributed by atoms with Crippen LogP contribution in [0.25, 0.3) is 10.9 Å². The third kappa shape index (κ3) is 2.69. The maximum absolute atomic E-state index is 3.51. The number of hydrogen-bond donors (Lipinski definition) is 1. The van der Waals surface area contributed by atoms with Gasteiger partial charge in [0.05, 0.1) is 0 Å². The fourth-order valence-corrected chi connectivity index (χ4v) is 3.42. The second-order valence-corrected chi connectivity index (χ2v) is 6.07. The van der Waals surface area contributed by atoms with E-state index in [-0.39, 0.29) is 0 Å². The summed E-state index contributed by atoms with van der Waals surface area (Å²) in [5, 5.41) is 1.41. The number of likely N-dealkylation sites (tertiary alicyclic amines) is 1. The minimum Gasteiger partial charge on any atom is -0.358 e. The van der Waals surface area contributed by atoms with Crippen LogP contribution in [0, 0.1) is 12.8 Å². The van der Waals surface area contributed by atoms with Crippen molar-refractivity contribution in [2.75, 3.05) is 19.6 Å². The van der Waals surface area contributed by atoms with Crippen molar-refractivity contribution in [1.29, 1.82) is 0 Å². The number of aromatic nitrogens is 1. The van der Waals surface area contributed by atoms with E-state index >= 15 is 0 Å². The number of aromatic amines is 1. The number of benzene rings is 1. The van der Waals surface area contributed by atoms with Crippen LogP contribution in [-0.2, 0) is 6.42 Å². The second kappa shape index (κ2) is 5.38. The Morgan fingerprint density at radius 1 is 1.32 bits per heavy atom. The van der Waals surface area contributed by atoms with Gasteiger partial charge in [0.1, 0.15) is 0 Å². The summed E-state index contributed by atoms with van der Waals surface area (Å²) in [5.74, 6) is 0.873. The van der Waals surface area contributed by atoms with Crippen LogP contribution in [0.5, 0.6) is 0 Å². The zero-order chi connectivity index (χ0) is 13.2. The number of piperidine rings is 1. The Labute approximate surface area is 115 Å². The average Bonchev–Trinajstić information content (AvgIpc) is 2.72. The van der Waals surface area contributed by atoms with E-state index in [0.717, 1.165) is 5.92 Å². The summed E-state index contributed by atoms with van der Waals surface area (Å²) < 4.78 is 0. The quantitative estimate of drug-likeness (QED) is 0.886. The van der Waals surface area contributed by atoms with Gasteiger partial charge in [0.15, 0.2) is 0 Å². The summed E-state index contributed by atoms with van der Waals surface area (Å²) >= 11 is 0. The lowest BCUT2D eigenvalue weighted by Gasteiger charge is -2.30. The predicted molar refractivity (Wildman–Crippen MR) is 81.6 cm³/mol. The highest BCUT2D eigenvalue weighted by molar-refractivity contribution is 5.84. The number of fused-ring (bicyclic) bond motifs is 1. The lowest BCUT2D eigenvalue weighted by molar-refractivity contribution is 0.186. The van der Waals surface area contributed by atoms with Crippen LogP contribution >= 0.6 is 0 Å². The molecule has 1 saturated heterocycles. The molecule has 102 valence electrons. The largest absolute Gasteiger partial charge is 0.358 e. The van der Waals surface area contributed by atoms with Gasteiger partial charge in [-0.05, 0) is 50.3 Å². The van der Waals surface area contributed by atoms with Crippen molar-refractivity contribution in [3.05, 3.63) is 35.5 Å². The Morgan fingerprint density at radius 2 is 2.16 bits per heavy atom. The molecule has 1 aliphatic heterocycles. The number of rotatable bonds is 3. The summed E-state index contributed by atoms with van der Waals surface area (Å²) in [6, 6.07) is 8.66. The second-order valence-electron chi connectivity index (χ2n) is 6.07. The molecule has 0 amide bonds. The first-order valence-electron chi connectivity index (χ1n) is 7.52. The Hall–Kier alpha value is -1.28. The van der Waals surface area contributed by atoms with E-state index in [2.05, 4.69) is 48.0 Å². The lowest BCUT2D eigenvalue weighted by Crippen LogP contribution is -2.35. The molecule has 19 heavy (non-hydrogen) atoms. The smallest absolute Gasteiger partial charge is 0.0458 e. The maximum atomic E-state index is 3.51. The van der Waals surface area contributed by atoms with Crippen molar-refractivity contribution in [3.8, 4) is 0 Å². The molecule has 2 nitrogen and oxygen atoms in total. The van der Waals surface area contributed by atoms with Gasteiger partial charge in [-0.1, -0.05) is 25.1 Å². The number of nitrogens with one attached hydrogen (secondary N) is 1. The molecular weight excluding hydrogens is 232 g/mol. The minimum atomic E-state index is 0.873. The van der Waals surface area contributed by atoms with Crippen molar-refractivity contribution in [2.45, 2.75) is 33.1 Å². The minimum absolute atomic E-state index is 0.873. The standard InChI is InChI=1S/C17H24N2/c1-13-6-5-10-19(12-13)11-9-15-14(2)18-17-8-4-3-7-16(15)17/h3-4,7-8,13,18H,5-6,9-12H2,1-2H3/t13-/m0/s1. The summed E-state index contributed by atoms with van der Waals surface area (Å²) in [6.07, 6.45) is 3.94. The first-order valence-corrected chi connectivity index (χ1v) is 7.52. The van der Waals surface area contributed by atoms with E-state index in [0.29, 0.717) is 0 Å². The maximum Gasteiger partial charge on any atom is 0.0458 e. The third-order valence-corrected chi connectivity index (χ3v) is 4.45. The van der Waals surface area contributed by atoms with Gasteiger partial charge in [0.2, 0.25) is 0 Å². The van der Waals surface area contributed by atoms with Crippen molar-refractivity contribution in [1.82, 2.24) is 9.88 Å². The van der Waals surface area contributed by atoms with E-state index in [1.165, 1.54) is 61.1 Å². The van der Waals surface area contributed by atoms with Crippen molar-refractivity contribution < 1.29 is 0 Å². The Bertz CT molecular complexity index is 555. The number of nitrogens with zero attached hydrogens (tertiary/aromatic N) is 1. The fraction of sp³-hybridized carbons (Fsp3) is 0.529. The molecule has 1 atom stereocenters. The molecule has 1 aromatic carbocycles. The first kappa shape index (κ1) is 12.7. The zero-order valence-corrected chi connectivity index (χ0v) is 12.1. The van der Waals surface area contributed by atoms with Crippen LogP contribution in [-0.4, -0.2) is 29.5 Å². The highest BCUT2D eigenvalue weighted by atomic mass is 15.1. The molecule has 1 N–H and O–H groups in total. The molecule has 1 aliphatic rings. The molecule has 0 bridgehead atoms. The molecule has 1 fully saturated rings. The van der Waals surface area contributed by atoms with Gasteiger partial charge >= 0.3 is 0 Å². The van der Waals surface area contributed by atoms with Crippen LogP contribution in [0.1, 0.15) is 31.0 Å². The molecule has 1 aromatic heterocycles. The Kier molecular flexibility index (Phi) is 3.61. The molecule has 2 heterocycles. The summed E-state index contributed by atoms with van der Waals surface area (Å²) in [5.41, 5.74) is 4.13.